The van der Waals surface area contributed by atoms with Crippen molar-refractivity contribution in [2.75, 3.05) is 31.2 Å². The molecular formula is C22H22FN3O5S. The fourth-order valence-corrected chi connectivity index (χ4v) is 4.75. The zero-order valence-corrected chi connectivity index (χ0v) is 18.8. The van der Waals surface area contributed by atoms with E-state index in [0.29, 0.717) is 22.2 Å². The number of nitrogens with one attached hydrogen (secondary N) is 1. The summed E-state index contributed by atoms with van der Waals surface area (Å²) >= 11 is 0. The maximum Gasteiger partial charge on any atom is 0.255 e. The van der Waals surface area contributed by atoms with Gasteiger partial charge in [0.05, 0.1) is 23.5 Å². The highest BCUT2D eigenvalue weighted by atomic mass is 32.2. The third kappa shape index (κ3) is 3.50. The van der Waals surface area contributed by atoms with E-state index in [1.54, 1.807) is 20.0 Å². The average molecular weight is 459 g/mol. The van der Waals surface area contributed by atoms with Crippen LogP contribution in [0.4, 0.5) is 10.1 Å². The van der Waals surface area contributed by atoms with Crippen molar-refractivity contribution >= 4 is 38.5 Å². The molecule has 1 atom stereocenters. The van der Waals surface area contributed by atoms with Crippen LogP contribution < -0.4 is 9.62 Å². The van der Waals surface area contributed by atoms with Gasteiger partial charge in [0.1, 0.15) is 23.7 Å². The second kappa shape index (κ2) is 7.63. The van der Waals surface area contributed by atoms with Gasteiger partial charge in [-0.25, -0.2) is 12.8 Å². The number of halogens is 1. The Morgan fingerprint density at radius 3 is 2.47 bits per heavy atom. The first kappa shape index (κ1) is 21.8. The van der Waals surface area contributed by atoms with Crippen molar-refractivity contribution < 1.29 is 26.8 Å². The normalized spacial score (nSPS) is 16.8. The number of carbonyl (C=O) groups excluding carboxylic acids is 2. The van der Waals surface area contributed by atoms with Crippen molar-refractivity contribution in [1.29, 1.82) is 0 Å². The third-order valence-corrected chi connectivity index (χ3v) is 6.90. The second-order valence-electron chi connectivity index (χ2n) is 7.75. The molecule has 4 rings (SSSR count). The van der Waals surface area contributed by atoms with Crippen LogP contribution in [0.1, 0.15) is 28.9 Å². The molecule has 0 spiro atoms. The van der Waals surface area contributed by atoms with Crippen LogP contribution in [0, 0.1) is 5.82 Å². The Morgan fingerprint density at radius 2 is 1.88 bits per heavy atom. The van der Waals surface area contributed by atoms with Crippen LogP contribution in [0.3, 0.4) is 0 Å². The van der Waals surface area contributed by atoms with Crippen LogP contribution >= 0.6 is 0 Å². The number of rotatable bonds is 3. The fourth-order valence-electron chi connectivity index (χ4n) is 3.89. The van der Waals surface area contributed by atoms with Crippen molar-refractivity contribution in [2.45, 2.75) is 13.0 Å². The molecule has 0 saturated carbocycles. The SMILES string of the molecule is CNC(=O)c1c(-c2ccc(F)cc2)oc2cc3c(cc12)[C@@H](C)N(C)C(=O)CN3S(C)(=O)=O. The molecule has 1 aliphatic heterocycles. The number of benzene rings is 2. The van der Waals surface area contributed by atoms with Gasteiger partial charge in [-0.3, -0.25) is 13.9 Å². The third-order valence-electron chi connectivity index (χ3n) is 5.77. The Kier molecular flexibility index (Phi) is 5.20. The molecule has 3 aromatic rings. The molecular weight excluding hydrogens is 437 g/mol. The predicted molar refractivity (Wildman–Crippen MR) is 118 cm³/mol. The molecule has 32 heavy (non-hydrogen) atoms. The smallest absolute Gasteiger partial charge is 0.255 e. The molecule has 1 aliphatic rings. The van der Waals surface area contributed by atoms with E-state index in [-0.39, 0.29) is 29.4 Å². The van der Waals surface area contributed by atoms with Crippen molar-refractivity contribution in [3.8, 4) is 11.3 Å². The highest BCUT2D eigenvalue weighted by Gasteiger charge is 2.34. The number of carbonyl (C=O) groups is 2. The lowest BCUT2D eigenvalue weighted by molar-refractivity contribution is -0.129. The fraction of sp³-hybridized carbons (Fsp3) is 0.273. The first-order valence-corrected chi connectivity index (χ1v) is 11.7. The van der Waals surface area contributed by atoms with Crippen LogP contribution in [0.15, 0.2) is 40.8 Å². The summed E-state index contributed by atoms with van der Waals surface area (Å²) in [5, 5.41) is 3.05. The number of fused-ring (bicyclic) bond motifs is 2. The zero-order chi connectivity index (χ0) is 23.4. The Morgan fingerprint density at radius 1 is 1.22 bits per heavy atom. The summed E-state index contributed by atoms with van der Waals surface area (Å²) in [4.78, 5) is 26.8. The molecule has 0 radical (unpaired) electrons. The number of sulfonamides is 1. The average Bonchev–Trinajstić information content (AvgIpc) is 3.08. The van der Waals surface area contributed by atoms with E-state index in [1.807, 2.05) is 0 Å². The van der Waals surface area contributed by atoms with E-state index in [2.05, 4.69) is 5.32 Å². The summed E-state index contributed by atoms with van der Waals surface area (Å²) in [6.45, 7) is 1.45. The number of hydrogen-bond acceptors (Lipinski definition) is 5. The van der Waals surface area contributed by atoms with Gasteiger partial charge in [-0.1, -0.05) is 0 Å². The minimum Gasteiger partial charge on any atom is -0.455 e. The van der Waals surface area contributed by atoms with Gasteiger partial charge in [-0.05, 0) is 42.8 Å². The number of anilines is 1. The Balaban J connectivity index is 2.06. The molecule has 8 nitrogen and oxygen atoms in total. The molecule has 0 unspecified atom stereocenters. The number of likely N-dealkylation sites (N-methyl/N-ethyl adjacent to an activating group) is 1. The molecule has 0 bridgehead atoms. The van der Waals surface area contributed by atoms with Crippen LogP contribution in [0.25, 0.3) is 22.3 Å². The first-order chi connectivity index (χ1) is 15.0. The van der Waals surface area contributed by atoms with Gasteiger partial charge in [0, 0.05) is 31.1 Å². The van der Waals surface area contributed by atoms with Gasteiger partial charge in [0.25, 0.3) is 5.91 Å². The van der Waals surface area contributed by atoms with E-state index in [1.165, 1.54) is 42.3 Å². The van der Waals surface area contributed by atoms with Crippen LogP contribution in [-0.2, 0) is 14.8 Å². The molecule has 2 heterocycles. The summed E-state index contributed by atoms with van der Waals surface area (Å²) in [5.74, 6) is -0.950. The maximum absolute atomic E-state index is 13.4. The van der Waals surface area contributed by atoms with Crippen molar-refractivity contribution in [3.05, 3.63) is 53.3 Å². The summed E-state index contributed by atoms with van der Waals surface area (Å²) in [7, 11) is -0.681. The molecule has 2 aromatic carbocycles. The van der Waals surface area contributed by atoms with Gasteiger partial charge in [0.2, 0.25) is 15.9 Å². The molecule has 168 valence electrons. The monoisotopic (exact) mass is 459 g/mol. The molecule has 1 N–H and O–H groups in total. The largest absolute Gasteiger partial charge is 0.455 e. The molecule has 0 fully saturated rings. The highest BCUT2D eigenvalue weighted by molar-refractivity contribution is 7.92. The minimum absolute atomic E-state index is 0.238. The van der Waals surface area contributed by atoms with E-state index >= 15 is 0 Å². The predicted octanol–water partition coefficient (Wildman–Crippen LogP) is 2.90. The Bertz CT molecular complexity index is 1350. The number of amides is 2. The summed E-state index contributed by atoms with van der Waals surface area (Å²) in [6, 6.07) is 8.30. The van der Waals surface area contributed by atoms with Gasteiger partial charge in [0.15, 0.2) is 0 Å². The molecule has 2 amide bonds. The van der Waals surface area contributed by atoms with E-state index in [0.717, 1.165) is 10.6 Å². The number of hydrogen-bond donors (Lipinski definition) is 1. The van der Waals surface area contributed by atoms with Gasteiger partial charge in [-0.15, -0.1) is 0 Å². The summed E-state index contributed by atoms with van der Waals surface area (Å²) in [5.41, 5.74) is 1.89. The topological polar surface area (TPSA) is 99.9 Å². The van der Waals surface area contributed by atoms with E-state index in [4.69, 9.17) is 4.42 Å². The van der Waals surface area contributed by atoms with Crippen LogP contribution in [-0.4, -0.2) is 52.0 Å². The Labute approximate surface area is 184 Å². The van der Waals surface area contributed by atoms with E-state index in [9.17, 15) is 22.4 Å². The lowest BCUT2D eigenvalue weighted by Crippen LogP contribution is -2.38. The molecule has 10 heteroatoms. The summed E-state index contributed by atoms with van der Waals surface area (Å²) in [6.07, 6.45) is 1.03. The van der Waals surface area contributed by atoms with Crippen molar-refractivity contribution in [3.63, 3.8) is 0 Å². The van der Waals surface area contributed by atoms with Crippen molar-refractivity contribution in [2.24, 2.45) is 0 Å². The second-order valence-corrected chi connectivity index (χ2v) is 9.66. The van der Waals surface area contributed by atoms with E-state index < -0.39 is 27.8 Å². The number of nitrogens with zero attached hydrogens (tertiary/aromatic N) is 2. The molecule has 0 saturated heterocycles. The lowest BCUT2D eigenvalue weighted by Gasteiger charge is -2.23. The molecule has 0 aliphatic carbocycles. The lowest BCUT2D eigenvalue weighted by atomic mass is 9.99. The number of furan rings is 1. The first-order valence-electron chi connectivity index (χ1n) is 9.84. The molecule has 1 aromatic heterocycles. The Hall–Kier alpha value is -3.40. The zero-order valence-electron chi connectivity index (χ0n) is 18.0. The minimum atomic E-state index is -3.77. The maximum atomic E-state index is 13.4. The van der Waals surface area contributed by atoms with Gasteiger partial charge >= 0.3 is 0 Å². The van der Waals surface area contributed by atoms with Crippen LogP contribution in [0.2, 0.25) is 0 Å². The summed E-state index contributed by atoms with van der Waals surface area (Å²) < 4.78 is 45.5. The van der Waals surface area contributed by atoms with Crippen molar-refractivity contribution in [1.82, 2.24) is 10.2 Å². The van der Waals surface area contributed by atoms with Gasteiger partial charge in [-0.2, -0.15) is 0 Å². The standard InChI is InChI=1S/C22H22FN3O5S/c1-12-15-9-16-18(10-17(15)26(32(4,29)30)11-19(27)25(12)3)31-21(20(16)22(28)24-2)13-5-7-14(23)8-6-13/h5-10,12H,11H2,1-4H3,(H,24,28)/t12-/m1/s1. The van der Waals surface area contributed by atoms with Crippen LogP contribution in [0.5, 0.6) is 0 Å². The quantitative estimate of drug-likeness (QED) is 0.649. The highest BCUT2D eigenvalue weighted by Crippen LogP contribution is 2.41. The van der Waals surface area contributed by atoms with Gasteiger partial charge < -0.3 is 14.6 Å².